The van der Waals surface area contributed by atoms with Crippen molar-refractivity contribution in [3.8, 4) is 0 Å². The summed E-state index contributed by atoms with van der Waals surface area (Å²) in [4.78, 5) is 22.7. The van der Waals surface area contributed by atoms with E-state index in [0.29, 0.717) is 12.4 Å². The molecular weight excluding hydrogens is 254 g/mol. The third-order valence-corrected chi connectivity index (χ3v) is 3.61. The van der Waals surface area contributed by atoms with Gasteiger partial charge in [-0.1, -0.05) is 0 Å². The molecule has 1 aromatic rings. The molecule has 110 valence electrons. The topological polar surface area (TPSA) is 70.1 Å². The summed E-state index contributed by atoms with van der Waals surface area (Å²) in [5, 5.41) is 6.18. The second kappa shape index (κ2) is 6.54. The van der Waals surface area contributed by atoms with Crippen LogP contribution in [0.5, 0.6) is 0 Å². The number of aromatic nitrogens is 2. The van der Waals surface area contributed by atoms with Crippen molar-refractivity contribution in [2.24, 2.45) is 0 Å². The Balaban J connectivity index is 1.99. The van der Waals surface area contributed by atoms with Gasteiger partial charge in [0.05, 0.1) is 6.54 Å². The minimum Gasteiger partial charge on any atom is -0.373 e. The molecule has 1 amide bonds. The largest absolute Gasteiger partial charge is 0.373 e. The first-order chi connectivity index (χ1) is 9.61. The van der Waals surface area contributed by atoms with Crippen LogP contribution in [0.3, 0.4) is 0 Å². The van der Waals surface area contributed by atoms with Gasteiger partial charge in [0.25, 0.3) is 0 Å². The van der Waals surface area contributed by atoms with Crippen molar-refractivity contribution < 1.29 is 4.79 Å². The monoisotopic (exact) mass is 277 g/mol. The standard InChI is InChI=1S/C14H23N5O/c1-10-13(15-3)17-11(2)18-14(10)16-9-12(20)19-7-5-4-6-8-19/h4-9H2,1-3H3,(H2,15,16,17,18). The molecule has 2 rings (SSSR count). The first kappa shape index (κ1) is 14.6. The Kier molecular flexibility index (Phi) is 4.76. The van der Waals surface area contributed by atoms with E-state index in [4.69, 9.17) is 0 Å². The Morgan fingerprint density at radius 3 is 2.45 bits per heavy atom. The van der Waals surface area contributed by atoms with Crippen LogP contribution in [0.25, 0.3) is 0 Å². The molecule has 2 N–H and O–H groups in total. The highest BCUT2D eigenvalue weighted by molar-refractivity contribution is 5.81. The molecule has 1 aliphatic rings. The lowest BCUT2D eigenvalue weighted by Gasteiger charge is -2.27. The van der Waals surface area contributed by atoms with Crippen LogP contribution in [0, 0.1) is 13.8 Å². The van der Waals surface area contributed by atoms with Gasteiger partial charge >= 0.3 is 0 Å². The maximum Gasteiger partial charge on any atom is 0.241 e. The van der Waals surface area contributed by atoms with Gasteiger partial charge in [-0.3, -0.25) is 4.79 Å². The van der Waals surface area contributed by atoms with E-state index in [0.717, 1.165) is 43.1 Å². The summed E-state index contributed by atoms with van der Waals surface area (Å²) in [6.45, 7) is 5.84. The summed E-state index contributed by atoms with van der Waals surface area (Å²) in [5.41, 5.74) is 0.935. The van der Waals surface area contributed by atoms with Crippen molar-refractivity contribution in [1.82, 2.24) is 14.9 Å². The second-order valence-electron chi connectivity index (χ2n) is 5.14. The van der Waals surface area contributed by atoms with Gasteiger partial charge in [0.2, 0.25) is 5.91 Å². The van der Waals surface area contributed by atoms with Crippen molar-refractivity contribution in [1.29, 1.82) is 0 Å². The van der Waals surface area contributed by atoms with Crippen molar-refractivity contribution in [2.45, 2.75) is 33.1 Å². The molecule has 1 aliphatic heterocycles. The van der Waals surface area contributed by atoms with Gasteiger partial charge < -0.3 is 15.5 Å². The number of rotatable bonds is 4. The smallest absolute Gasteiger partial charge is 0.241 e. The van der Waals surface area contributed by atoms with E-state index >= 15 is 0 Å². The van der Waals surface area contributed by atoms with Crippen LogP contribution in [-0.4, -0.2) is 47.5 Å². The van der Waals surface area contributed by atoms with Crippen LogP contribution in [-0.2, 0) is 4.79 Å². The van der Waals surface area contributed by atoms with Crippen LogP contribution in [0.4, 0.5) is 11.6 Å². The van der Waals surface area contributed by atoms with Gasteiger partial charge in [-0.05, 0) is 33.1 Å². The molecule has 0 aromatic carbocycles. The average Bonchev–Trinajstić information content (AvgIpc) is 2.48. The van der Waals surface area contributed by atoms with Crippen molar-refractivity contribution in [3.63, 3.8) is 0 Å². The first-order valence-corrected chi connectivity index (χ1v) is 7.16. The maximum atomic E-state index is 12.1. The van der Waals surface area contributed by atoms with Crippen LogP contribution in [0.2, 0.25) is 0 Å². The van der Waals surface area contributed by atoms with Crippen LogP contribution < -0.4 is 10.6 Å². The third kappa shape index (κ3) is 3.37. The molecule has 1 saturated heterocycles. The SMILES string of the molecule is CNc1nc(C)nc(NCC(=O)N2CCCCC2)c1C. The minimum absolute atomic E-state index is 0.145. The number of carbonyl (C=O) groups is 1. The normalized spacial score (nSPS) is 15.1. The zero-order valence-electron chi connectivity index (χ0n) is 12.5. The van der Waals surface area contributed by atoms with Gasteiger partial charge in [-0.25, -0.2) is 9.97 Å². The van der Waals surface area contributed by atoms with Gasteiger partial charge in [0.1, 0.15) is 17.5 Å². The number of amides is 1. The van der Waals surface area contributed by atoms with Gasteiger partial charge in [0, 0.05) is 25.7 Å². The molecule has 0 aliphatic carbocycles. The molecule has 20 heavy (non-hydrogen) atoms. The van der Waals surface area contributed by atoms with Crippen LogP contribution >= 0.6 is 0 Å². The Bertz CT molecular complexity index is 483. The Hall–Kier alpha value is -1.85. The summed E-state index contributed by atoms with van der Waals surface area (Å²) < 4.78 is 0. The van der Waals surface area contributed by atoms with Gasteiger partial charge in [-0.2, -0.15) is 0 Å². The number of hydrogen-bond acceptors (Lipinski definition) is 5. The molecule has 0 atom stereocenters. The number of piperidine rings is 1. The van der Waals surface area contributed by atoms with E-state index in [9.17, 15) is 4.79 Å². The summed E-state index contributed by atoms with van der Waals surface area (Å²) in [6, 6.07) is 0. The lowest BCUT2D eigenvalue weighted by atomic mass is 10.1. The summed E-state index contributed by atoms with van der Waals surface area (Å²) in [5.74, 6) is 2.36. The lowest BCUT2D eigenvalue weighted by Crippen LogP contribution is -2.39. The van der Waals surface area contributed by atoms with Gasteiger partial charge in [-0.15, -0.1) is 0 Å². The lowest BCUT2D eigenvalue weighted by molar-refractivity contribution is -0.130. The summed E-state index contributed by atoms with van der Waals surface area (Å²) >= 11 is 0. The Labute approximate surface area is 120 Å². The fourth-order valence-electron chi connectivity index (χ4n) is 2.46. The molecule has 6 heteroatoms. The van der Waals surface area contributed by atoms with Crippen molar-refractivity contribution in [3.05, 3.63) is 11.4 Å². The highest BCUT2D eigenvalue weighted by atomic mass is 16.2. The predicted octanol–water partition coefficient (Wildman–Crippen LogP) is 1.56. The zero-order chi connectivity index (χ0) is 14.5. The Morgan fingerprint density at radius 1 is 1.15 bits per heavy atom. The molecule has 0 unspecified atom stereocenters. The number of likely N-dealkylation sites (tertiary alicyclic amines) is 1. The predicted molar refractivity (Wildman–Crippen MR) is 80.0 cm³/mol. The van der Waals surface area contributed by atoms with E-state index in [-0.39, 0.29) is 5.91 Å². The number of anilines is 2. The highest BCUT2D eigenvalue weighted by Gasteiger charge is 2.17. The number of nitrogens with zero attached hydrogens (tertiary/aromatic N) is 3. The fourth-order valence-corrected chi connectivity index (χ4v) is 2.46. The maximum absolute atomic E-state index is 12.1. The molecule has 1 aromatic heterocycles. The van der Waals surface area contributed by atoms with Gasteiger partial charge in [0.15, 0.2) is 0 Å². The number of hydrogen-bond donors (Lipinski definition) is 2. The van der Waals surface area contributed by atoms with E-state index < -0.39 is 0 Å². The van der Waals surface area contributed by atoms with Crippen molar-refractivity contribution >= 4 is 17.5 Å². The molecule has 0 spiro atoms. The molecule has 1 fully saturated rings. The minimum atomic E-state index is 0.145. The molecule has 2 heterocycles. The number of carbonyl (C=O) groups excluding carboxylic acids is 1. The number of aryl methyl sites for hydroxylation is 1. The highest BCUT2D eigenvalue weighted by Crippen LogP contribution is 2.19. The summed E-state index contributed by atoms with van der Waals surface area (Å²) in [6.07, 6.45) is 3.45. The van der Waals surface area contributed by atoms with Crippen LogP contribution in [0.1, 0.15) is 30.7 Å². The first-order valence-electron chi connectivity index (χ1n) is 7.16. The van der Waals surface area contributed by atoms with E-state index in [1.165, 1.54) is 6.42 Å². The van der Waals surface area contributed by atoms with Crippen LogP contribution in [0.15, 0.2) is 0 Å². The average molecular weight is 277 g/mol. The quantitative estimate of drug-likeness (QED) is 0.874. The van der Waals surface area contributed by atoms with E-state index in [1.807, 2.05) is 25.8 Å². The molecule has 0 bridgehead atoms. The zero-order valence-corrected chi connectivity index (χ0v) is 12.5. The number of nitrogens with one attached hydrogen (secondary N) is 2. The van der Waals surface area contributed by atoms with E-state index in [2.05, 4.69) is 20.6 Å². The molecule has 0 radical (unpaired) electrons. The Morgan fingerprint density at radius 2 is 1.80 bits per heavy atom. The van der Waals surface area contributed by atoms with E-state index in [1.54, 1.807) is 0 Å². The molecule has 0 saturated carbocycles. The molecule has 6 nitrogen and oxygen atoms in total. The fraction of sp³-hybridized carbons (Fsp3) is 0.643. The van der Waals surface area contributed by atoms with Crippen molar-refractivity contribution in [2.75, 3.05) is 37.3 Å². The molecular formula is C14H23N5O. The third-order valence-electron chi connectivity index (χ3n) is 3.61. The second-order valence-corrected chi connectivity index (χ2v) is 5.14. The summed E-state index contributed by atoms with van der Waals surface area (Å²) in [7, 11) is 1.83.